The number of nitrogens with one attached hydrogen (secondary N) is 1. The van der Waals surface area contributed by atoms with Crippen LogP contribution in [0.3, 0.4) is 0 Å². The smallest absolute Gasteiger partial charge is 0.275 e. The molecule has 1 unspecified atom stereocenters. The average molecular weight is 336 g/mol. The number of hydrogen-bond donors (Lipinski definition) is 1. The van der Waals surface area contributed by atoms with Gasteiger partial charge in [-0.3, -0.25) is 9.89 Å². The molecular formula is C13H22ClN3O3S. The maximum Gasteiger partial charge on any atom is 0.275 e. The number of halogens is 1. The second-order valence-electron chi connectivity index (χ2n) is 5.61. The van der Waals surface area contributed by atoms with E-state index in [0.717, 1.165) is 6.42 Å². The van der Waals surface area contributed by atoms with Gasteiger partial charge in [0.2, 0.25) is 0 Å². The first-order valence-corrected chi connectivity index (χ1v) is 9.18. The number of aromatic amines is 1. The fourth-order valence-corrected chi connectivity index (χ4v) is 3.37. The van der Waals surface area contributed by atoms with E-state index in [1.165, 1.54) is 4.90 Å². The Bertz CT molecular complexity index is 610. The highest BCUT2D eigenvalue weighted by atomic mass is 35.7. The van der Waals surface area contributed by atoms with Gasteiger partial charge in [0.1, 0.15) is 4.90 Å². The normalized spacial score (nSPS) is 13.5. The van der Waals surface area contributed by atoms with Gasteiger partial charge in [-0.2, -0.15) is 5.10 Å². The molecule has 0 spiro atoms. The Hall–Kier alpha value is -1.08. The maximum absolute atomic E-state index is 12.4. The van der Waals surface area contributed by atoms with Crippen molar-refractivity contribution in [3.05, 3.63) is 11.4 Å². The molecule has 21 heavy (non-hydrogen) atoms. The van der Waals surface area contributed by atoms with Crippen molar-refractivity contribution < 1.29 is 13.2 Å². The van der Waals surface area contributed by atoms with Crippen LogP contribution in [-0.4, -0.2) is 43.0 Å². The summed E-state index contributed by atoms with van der Waals surface area (Å²) in [6, 6.07) is 0. The van der Waals surface area contributed by atoms with Crippen molar-refractivity contribution in [2.24, 2.45) is 5.92 Å². The molecule has 1 rings (SSSR count). The second kappa shape index (κ2) is 6.79. The monoisotopic (exact) mass is 335 g/mol. The van der Waals surface area contributed by atoms with E-state index in [9.17, 15) is 13.2 Å². The lowest BCUT2D eigenvalue weighted by Crippen LogP contribution is -2.32. The molecule has 0 aliphatic heterocycles. The molecule has 0 aliphatic rings. The van der Waals surface area contributed by atoms with Crippen LogP contribution in [-0.2, 0) is 9.05 Å². The Labute approximate surface area is 130 Å². The highest BCUT2D eigenvalue weighted by Gasteiger charge is 2.31. The topological polar surface area (TPSA) is 83.1 Å². The molecule has 1 N–H and O–H groups in total. The number of amides is 1. The van der Waals surface area contributed by atoms with E-state index < -0.39 is 15.0 Å². The summed E-state index contributed by atoms with van der Waals surface area (Å²) in [5.41, 5.74) is 0.213. The lowest BCUT2D eigenvalue weighted by molar-refractivity contribution is 0.0765. The Morgan fingerprint density at radius 3 is 2.38 bits per heavy atom. The molecule has 1 atom stereocenters. The van der Waals surface area contributed by atoms with Gasteiger partial charge in [-0.25, -0.2) is 8.42 Å². The third-order valence-corrected chi connectivity index (χ3v) is 4.76. The minimum atomic E-state index is -4.05. The van der Waals surface area contributed by atoms with Gasteiger partial charge in [-0.05, 0) is 11.8 Å². The molecule has 6 nitrogen and oxygen atoms in total. The van der Waals surface area contributed by atoms with Crippen LogP contribution in [0.2, 0.25) is 0 Å². The second-order valence-corrected chi connectivity index (χ2v) is 8.11. The molecule has 0 radical (unpaired) electrons. The molecule has 1 heterocycles. The first kappa shape index (κ1) is 18.0. The van der Waals surface area contributed by atoms with Crippen LogP contribution in [0.15, 0.2) is 4.90 Å². The lowest BCUT2D eigenvalue weighted by Gasteiger charge is -2.20. The van der Waals surface area contributed by atoms with Gasteiger partial charge in [0.25, 0.3) is 15.0 Å². The van der Waals surface area contributed by atoms with Crippen molar-refractivity contribution in [2.45, 2.75) is 44.9 Å². The van der Waals surface area contributed by atoms with E-state index in [4.69, 9.17) is 10.7 Å². The van der Waals surface area contributed by atoms with E-state index in [2.05, 4.69) is 10.2 Å². The predicted octanol–water partition coefficient (Wildman–Crippen LogP) is 2.58. The molecule has 120 valence electrons. The number of nitrogens with zero attached hydrogens (tertiary/aromatic N) is 2. The quantitative estimate of drug-likeness (QED) is 0.810. The van der Waals surface area contributed by atoms with Crippen molar-refractivity contribution in [1.82, 2.24) is 15.1 Å². The van der Waals surface area contributed by atoms with Gasteiger partial charge < -0.3 is 4.90 Å². The SMILES string of the molecule is CCC(C)CN(C)C(=O)c1n[nH]c(C(C)C)c1S(=O)(=O)Cl. The number of carbonyl (C=O) groups is 1. The van der Waals surface area contributed by atoms with Gasteiger partial charge in [0.05, 0.1) is 5.69 Å². The summed E-state index contributed by atoms with van der Waals surface area (Å²) in [6.45, 7) is 8.18. The van der Waals surface area contributed by atoms with Gasteiger partial charge in [0.15, 0.2) is 5.69 Å². The zero-order valence-corrected chi connectivity index (χ0v) is 14.5. The number of carbonyl (C=O) groups excluding carboxylic acids is 1. The summed E-state index contributed by atoms with van der Waals surface area (Å²) in [7, 11) is 3.06. The minimum Gasteiger partial charge on any atom is -0.340 e. The number of rotatable bonds is 6. The van der Waals surface area contributed by atoms with Gasteiger partial charge >= 0.3 is 0 Å². The summed E-state index contributed by atoms with van der Waals surface area (Å²) < 4.78 is 23.6. The fraction of sp³-hybridized carbons (Fsp3) is 0.692. The van der Waals surface area contributed by atoms with E-state index >= 15 is 0 Å². The first-order chi connectivity index (χ1) is 9.59. The van der Waals surface area contributed by atoms with Crippen LogP contribution in [0.4, 0.5) is 0 Å². The lowest BCUT2D eigenvalue weighted by atomic mass is 10.1. The summed E-state index contributed by atoms with van der Waals surface area (Å²) in [4.78, 5) is 13.7. The molecule has 0 aromatic carbocycles. The van der Waals surface area contributed by atoms with Crippen LogP contribution >= 0.6 is 10.7 Å². The van der Waals surface area contributed by atoms with Gasteiger partial charge in [-0.15, -0.1) is 0 Å². The van der Waals surface area contributed by atoms with Crippen molar-refractivity contribution >= 4 is 25.6 Å². The van der Waals surface area contributed by atoms with Crippen molar-refractivity contribution in [1.29, 1.82) is 0 Å². The molecule has 0 aliphatic carbocycles. The Morgan fingerprint density at radius 1 is 1.38 bits per heavy atom. The van der Waals surface area contributed by atoms with Crippen LogP contribution in [0, 0.1) is 5.92 Å². The number of hydrogen-bond acceptors (Lipinski definition) is 4. The minimum absolute atomic E-state index is 0.137. The van der Waals surface area contributed by atoms with E-state index in [1.54, 1.807) is 20.9 Å². The maximum atomic E-state index is 12.4. The molecule has 0 bridgehead atoms. The summed E-state index contributed by atoms with van der Waals surface area (Å²) in [5, 5.41) is 6.50. The van der Waals surface area contributed by atoms with Crippen LogP contribution in [0.25, 0.3) is 0 Å². The van der Waals surface area contributed by atoms with Crippen LogP contribution < -0.4 is 0 Å². The summed E-state index contributed by atoms with van der Waals surface area (Å²) in [5.74, 6) is -0.265. The Morgan fingerprint density at radius 2 is 1.95 bits per heavy atom. The first-order valence-electron chi connectivity index (χ1n) is 6.87. The predicted molar refractivity (Wildman–Crippen MR) is 82.1 cm³/mol. The molecule has 1 aromatic rings. The fourth-order valence-electron chi connectivity index (χ4n) is 1.99. The molecule has 0 fully saturated rings. The summed E-state index contributed by atoms with van der Waals surface area (Å²) in [6.07, 6.45) is 0.927. The molecule has 8 heteroatoms. The Balaban J connectivity index is 3.22. The zero-order chi connectivity index (χ0) is 16.4. The van der Waals surface area contributed by atoms with E-state index in [0.29, 0.717) is 18.2 Å². The molecular weight excluding hydrogens is 314 g/mol. The molecule has 1 aromatic heterocycles. The van der Waals surface area contributed by atoms with Gasteiger partial charge in [-0.1, -0.05) is 34.1 Å². The van der Waals surface area contributed by atoms with Crippen molar-refractivity contribution in [3.63, 3.8) is 0 Å². The van der Waals surface area contributed by atoms with Gasteiger partial charge in [0, 0.05) is 24.3 Å². The molecule has 0 saturated carbocycles. The average Bonchev–Trinajstić information content (AvgIpc) is 2.82. The van der Waals surface area contributed by atoms with E-state index in [1.807, 2.05) is 13.8 Å². The molecule has 0 saturated heterocycles. The van der Waals surface area contributed by atoms with E-state index in [-0.39, 0.29) is 16.5 Å². The third kappa shape index (κ3) is 4.20. The van der Waals surface area contributed by atoms with Crippen molar-refractivity contribution in [3.8, 4) is 0 Å². The highest BCUT2D eigenvalue weighted by Crippen LogP contribution is 2.28. The largest absolute Gasteiger partial charge is 0.340 e. The Kier molecular flexibility index (Phi) is 5.81. The van der Waals surface area contributed by atoms with Crippen LogP contribution in [0.5, 0.6) is 0 Å². The highest BCUT2D eigenvalue weighted by molar-refractivity contribution is 8.13. The van der Waals surface area contributed by atoms with Crippen LogP contribution in [0.1, 0.15) is 56.2 Å². The third-order valence-electron chi connectivity index (χ3n) is 3.40. The number of H-pyrrole nitrogens is 1. The number of aromatic nitrogens is 2. The zero-order valence-electron chi connectivity index (χ0n) is 13.0. The van der Waals surface area contributed by atoms with Crippen molar-refractivity contribution in [2.75, 3.05) is 13.6 Å². The molecule has 1 amide bonds. The summed E-state index contributed by atoms with van der Waals surface area (Å²) >= 11 is 0. The standard InChI is InChI=1S/C13H22ClN3O3S/c1-6-9(4)7-17(5)13(18)11-12(21(14,19)20)10(8(2)3)15-16-11/h8-9H,6-7H2,1-5H3,(H,15,16).